The van der Waals surface area contributed by atoms with Crippen LogP contribution in [0.3, 0.4) is 0 Å². The van der Waals surface area contributed by atoms with Crippen LogP contribution in [0.1, 0.15) is 36.5 Å². The van der Waals surface area contributed by atoms with Crippen LogP contribution < -0.4 is 10.6 Å². The SMILES string of the molecule is CCNC(=NCc1cccc(C)c1)NCC1(c2cccc(F)c2)CCOCC1.I. The van der Waals surface area contributed by atoms with Gasteiger partial charge >= 0.3 is 0 Å². The summed E-state index contributed by atoms with van der Waals surface area (Å²) in [5.41, 5.74) is 3.29. The van der Waals surface area contributed by atoms with E-state index in [9.17, 15) is 4.39 Å². The number of aliphatic imine (C=N–C) groups is 1. The van der Waals surface area contributed by atoms with Crippen molar-refractivity contribution in [1.82, 2.24) is 10.6 Å². The van der Waals surface area contributed by atoms with Crippen LogP contribution in [0.2, 0.25) is 0 Å². The van der Waals surface area contributed by atoms with Gasteiger partial charge in [-0.3, -0.25) is 0 Å². The maximum Gasteiger partial charge on any atom is 0.191 e. The van der Waals surface area contributed by atoms with Crippen LogP contribution in [-0.2, 0) is 16.7 Å². The van der Waals surface area contributed by atoms with Gasteiger partial charge in [0.05, 0.1) is 6.54 Å². The number of hydrogen-bond donors (Lipinski definition) is 2. The predicted molar refractivity (Wildman–Crippen MR) is 128 cm³/mol. The summed E-state index contributed by atoms with van der Waals surface area (Å²) in [7, 11) is 0. The number of nitrogens with one attached hydrogen (secondary N) is 2. The third-order valence-electron chi connectivity index (χ3n) is 5.33. The van der Waals surface area contributed by atoms with Crippen molar-refractivity contribution in [1.29, 1.82) is 0 Å². The highest BCUT2D eigenvalue weighted by molar-refractivity contribution is 14.0. The zero-order valence-electron chi connectivity index (χ0n) is 17.2. The molecule has 4 nitrogen and oxygen atoms in total. The molecule has 0 bridgehead atoms. The van der Waals surface area contributed by atoms with Crippen LogP contribution in [-0.4, -0.2) is 32.3 Å². The lowest BCUT2D eigenvalue weighted by molar-refractivity contribution is 0.0513. The second-order valence-corrected chi connectivity index (χ2v) is 7.44. The van der Waals surface area contributed by atoms with Crippen LogP contribution in [0, 0.1) is 12.7 Å². The Kier molecular flexibility index (Phi) is 9.36. The zero-order valence-corrected chi connectivity index (χ0v) is 19.5. The number of ether oxygens (including phenoxy) is 1. The minimum Gasteiger partial charge on any atom is -0.381 e. The Labute approximate surface area is 190 Å². The predicted octanol–water partition coefficient (Wildman–Crippen LogP) is 4.56. The summed E-state index contributed by atoms with van der Waals surface area (Å²) in [5.74, 6) is 0.592. The monoisotopic (exact) mass is 511 g/mol. The molecule has 0 spiro atoms. The van der Waals surface area contributed by atoms with Gasteiger partial charge < -0.3 is 15.4 Å². The largest absolute Gasteiger partial charge is 0.381 e. The Balaban J connectivity index is 0.00000300. The number of benzene rings is 2. The minimum atomic E-state index is -0.191. The van der Waals surface area contributed by atoms with E-state index in [2.05, 4.69) is 48.7 Å². The van der Waals surface area contributed by atoms with Gasteiger partial charge in [0.15, 0.2) is 5.96 Å². The Morgan fingerprint density at radius 2 is 1.86 bits per heavy atom. The molecule has 0 radical (unpaired) electrons. The van der Waals surface area contributed by atoms with Gasteiger partial charge in [0.1, 0.15) is 5.82 Å². The maximum absolute atomic E-state index is 13.9. The normalized spacial score (nSPS) is 16.0. The molecule has 158 valence electrons. The smallest absolute Gasteiger partial charge is 0.191 e. The summed E-state index contributed by atoms with van der Waals surface area (Å²) in [5, 5.41) is 6.82. The van der Waals surface area contributed by atoms with Crippen molar-refractivity contribution in [2.75, 3.05) is 26.3 Å². The number of hydrogen-bond acceptors (Lipinski definition) is 2. The third kappa shape index (κ3) is 6.67. The summed E-state index contributed by atoms with van der Waals surface area (Å²) in [6.07, 6.45) is 1.72. The van der Waals surface area contributed by atoms with Crippen LogP contribution >= 0.6 is 24.0 Å². The van der Waals surface area contributed by atoms with Gasteiger partial charge in [-0.1, -0.05) is 42.0 Å². The third-order valence-corrected chi connectivity index (χ3v) is 5.33. The second kappa shape index (κ2) is 11.5. The molecule has 29 heavy (non-hydrogen) atoms. The average molecular weight is 511 g/mol. The topological polar surface area (TPSA) is 45.7 Å². The molecular formula is C23H31FIN3O. The number of aryl methyl sites for hydroxylation is 1. The van der Waals surface area contributed by atoms with E-state index in [1.165, 1.54) is 17.2 Å². The molecule has 0 amide bonds. The average Bonchev–Trinajstić information content (AvgIpc) is 2.71. The quantitative estimate of drug-likeness (QED) is 0.340. The Hall–Kier alpha value is -1.67. The highest BCUT2D eigenvalue weighted by atomic mass is 127. The second-order valence-electron chi connectivity index (χ2n) is 7.44. The molecule has 2 aromatic carbocycles. The first-order valence-corrected chi connectivity index (χ1v) is 10.0. The molecule has 0 atom stereocenters. The number of halogens is 2. The van der Waals surface area contributed by atoms with Crippen molar-refractivity contribution < 1.29 is 9.13 Å². The number of nitrogens with zero attached hydrogens (tertiary/aromatic N) is 1. The first-order chi connectivity index (χ1) is 13.6. The van der Waals surface area contributed by atoms with E-state index < -0.39 is 0 Å². The Bertz CT molecular complexity index is 806. The molecule has 0 aliphatic carbocycles. The van der Waals surface area contributed by atoms with Crippen molar-refractivity contribution >= 4 is 29.9 Å². The summed E-state index contributed by atoms with van der Waals surface area (Å²) in [4.78, 5) is 4.74. The van der Waals surface area contributed by atoms with E-state index in [0.29, 0.717) is 26.3 Å². The number of rotatable bonds is 6. The molecule has 1 aliphatic rings. The molecule has 1 heterocycles. The van der Waals surface area contributed by atoms with E-state index >= 15 is 0 Å². The van der Waals surface area contributed by atoms with Crippen LogP contribution in [0.15, 0.2) is 53.5 Å². The molecule has 0 saturated carbocycles. The van der Waals surface area contributed by atoms with Crippen molar-refractivity contribution in [3.8, 4) is 0 Å². The number of guanidine groups is 1. The molecule has 2 N–H and O–H groups in total. The van der Waals surface area contributed by atoms with Gasteiger partial charge in [-0.15, -0.1) is 24.0 Å². The fourth-order valence-corrected chi connectivity index (χ4v) is 3.72. The summed E-state index contributed by atoms with van der Waals surface area (Å²) in [6.45, 7) is 7.62. The highest BCUT2D eigenvalue weighted by Crippen LogP contribution is 2.34. The summed E-state index contributed by atoms with van der Waals surface area (Å²) in [6, 6.07) is 15.4. The first kappa shape index (κ1) is 23.6. The standard InChI is InChI=1S/C23H30FN3O.HI/c1-3-25-22(26-16-19-7-4-6-18(2)14-19)27-17-23(10-12-28-13-11-23)20-8-5-9-21(24)15-20;/h4-9,14-15H,3,10-13,16-17H2,1-2H3,(H2,25,26,27);1H. The summed E-state index contributed by atoms with van der Waals surface area (Å²) >= 11 is 0. The van der Waals surface area contributed by atoms with Crippen molar-refractivity contribution in [3.05, 3.63) is 71.0 Å². The van der Waals surface area contributed by atoms with E-state index in [1.807, 2.05) is 6.07 Å². The van der Waals surface area contributed by atoms with Crippen LogP contribution in [0.25, 0.3) is 0 Å². The molecular weight excluding hydrogens is 480 g/mol. The fraction of sp³-hybridized carbons (Fsp3) is 0.435. The lowest BCUT2D eigenvalue weighted by Gasteiger charge is -2.38. The minimum absolute atomic E-state index is 0. The van der Waals surface area contributed by atoms with Crippen LogP contribution in [0.4, 0.5) is 4.39 Å². The zero-order chi connectivity index (χ0) is 19.8. The molecule has 6 heteroatoms. The van der Waals surface area contributed by atoms with Gasteiger partial charge in [-0.2, -0.15) is 0 Å². The molecule has 1 fully saturated rings. The van der Waals surface area contributed by atoms with E-state index in [-0.39, 0.29) is 35.2 Å². The van der Waals surface area contributed by atoms with Crippen LogP contribution in [0.5, 0.6) is 0 Å². The van der Waals surface area contributed by atoms with Crippen molar-refractivity contribution in [3.63, 3.8) is 0 Å². The molecule has 1 saturated heterocycles. The van der Waals surface area contributed by atoms with Crippen molar-refractivity contribution in [2.45, 2.75) is 38.6 Å². The highest BCUT2D eigenvalue weighted by Gasteiger charge is 2.34. The van der Waals surface area contributed by atoms with Crippen molar-refractivity contribution in [2.24, 2.45) is 4.99 Å². The summed E-state index contributed by atoms with van der Waals surface area (Å²) < 4.78 is 19.4. The lowest BCUT2D eigenvalue weighted by atomic mass is 9.74. The lowest BCUT2D eigenvalue weighted by Crippen LogP contribution is -2.48. The molecule has 1 aliphatic heterocycles. The van der Waals surface area contributed by atoms with E-state index in [4.69, 9.17) is 9.73 Å². The van der Waals surface area contributed by atoms with E-state index in [1.54, 1.807) is 12.1 Å². The molecule has 0 unspecified atom stereocenters. The van der Waals surface area contributed by atoms with Gasteiger partial charge in [-0.25, -0.2) is 9.38 Å². The Morgan fingerprint density at radius 3 is 2.55 bits per heavy atom. The molecule has 3 rings (SSSR count). The molecule has 2 aromatic rings. The fourth-order valence-electron chi connectivity index (χ4n) is 3.72. The molecule has 0 aromatic heterocycles. The maximum atomic E-state index is 13.9. The van der Waals surface area contributed by atoms with Gasteiger partial charge in [0.25, 0.3) is 0 Å². The van der Waals surface area contributed by atoms with Gasteiger partial charge in [0.2, 0.25) is 0 Å². The Morgan fingerprint density at radius 1 is 1.10 bits per heavy atom. The first-order valence-electron chi connectivity index (χ1n) is 10.0. The van der Waals surface area contributed by atoms with Gasteiger partial charge in [0, 0.05) is 31.7 Å². The van der Waals surface area contributed by atoms with E-state index in [0.717, 1.165) is 30.9 Å². The van der Waals surface area contributed by atoms with Gasteiger partial charge in [-0.05, 0) is 49.9 Å².